The summed E-state index contributed by atoms with van der Waals surface area (Å²) < 4.78 is 7.49. The van der Waals surface area contributed by atoms with Gasteiger partial charge in [-0.1, -0.05) is 30.3 Å². The van der Waals surface area contributed by atoms with Crippen LogP contribution in [0.4, 0.5) is 0 Å². The van der Waals surface area contributed by atoms with Gasteiger partial charge in [0.2, 0.25) is 0 Å². The monoisotopic (exact) mass is 314 g/mol. The van der Waals surface area contributed by atoms with Crippen molar-refractivity contribution < 1.29 is 9.84 Å². The maximum absolute atomic E-state index is 8.66. The van der Waals surface area contributed by atoms with Gasteiger partial charge in [0.05, 0.1) is 30.9 Å². The molecular formula is C14H19ClN2O2S. The number of aliphatic hydroxyl groups is 1. The van der Waals surface area contributed by atoms with Crippen LogP contribution in [0.3, 0.4) is 0 Å². The third-order valence-corrected chi connectivity index (χ3v) is 3.99. The summed E-state index contributed by atoms with van der Waals surface area (Å²) >= 11 is 7.69. The molecule has 0 aliphatic heterocycles. The smallest absolute Gasteiger partial charge is 0.169 e. The van der Waals surface area contributed by atoms with Gasteiger partial charge in [0.15, 0.2) is 5.16 Å². The van der Waals surface area contributed by atoms with Crippen LogP contribution in [0.15, 0.2) is 23.4 Å². The predicted molar refractivity (Wildman–Crippen MR) is 83.7 cm³/mol. The average Bonchev–Trinajstić information content (AvgIpc) is 2.76. The van der Waals surface area contributed by atoms with Crippen molar-refractivity contribution >= 4 is 34.4 Å². The number of hydrogen-bond donors (Lipinski definition) is 1. The third kappa shape index (κ3) is 3.88. The number of rotatable bonds is 8. The highest BCUT2D eigenvalue weighted by atomic mass is 35.5. The fraction of sp³-hybridized carbons (Fsp3) is 0.500. The van der Waals surface area contributed by atoms with Crippen molar-refractivity contribution in [1.29, 1.82) is 0 Å². The molecule has 1 N–H and O–H groups in total. The molecule has 0 radical (unpaired) electrons. The van der Waals surface area contributed by atoms with E-state index >= 15 is 0 Å². The molecule has 0 fully saturated rings. The number of aromatic nitrogens is 2. The van der Waals surface area contributed by atoms with Crippen LogP contribution in [-0.4, -0.2) is 40.2 Å². The molecule has 6 heteroatoms. The predicted octanol–water partition coefficient (Wildman–Crippen LogP) is 3.20. The number of aliphatic hydroxyl groups excluding tert-OH is 1. The average molecular weight is 315 g/mol. The summed E-state index contributed by atoms with van der Waals surface area (Å²) in [5, 5.41) is 10.4. The van der Waals surface area contributed by atoms with Crippen molar-refractivity contribution in [3.63, 3.8) is 0 Å². The van der Waals surface area contributed by atoms with Crippen molar-refractivity contribution in [2.45, 2.75) is 25.0 Å². The van der Waals surface area contributed by atoms with Gasteiger partial charge in [-0.3, -0.25) is 0 Å². The summed E-state index contributed by atoms with van der Waals surface area (Å²) in [4.78, 5) is 4.65. The number of benzene rings is 1. The van der Waals surface area contributed by atoms with Gasteiger partial charge in [-0.2, -0.15) is 0 Å². The van der Waals surface area contributed by atoms with Crippen molar-refractivity contribution in [2.75, 3.05) is 25.6 Å². The van der Waals surface area contributed by atoms with Crippen molar-refractivity contribution in [3.05, 3.63) is 23.2 Å². The Morgan fingerprint density at radius 3 is 3.00 bits per heavy atom. The molecule has 110 valence electrons. The maximum atomic E-state index is 8.66. The van der Waals surface area contributed by atoms with Crippen molar-refractivity contribution in [1.82, 2.24) is 9.55 Å². The first-order chi connectivity index (χ1) is 9.76. The molecule has 0 unspecified atom stereocenters. The molecule has 4 nitrogen and oxygen atoms in total. The minimum Gasteiger partial charge on any atom is -0.394 e. The first kappa shape index (κ1) is 15.6. The number of aryl methyl sites for hydroxylation is 1. The molecule has 2 rings (SSSR count). The van der Waals surface area contributed by atoms with E-state index in [1.165, 1.54) is 0 Å². The van der Waals surface area contributed by atoms with E-state index in [0.717, 1.165) is 34.9 Å². The Morgan fingerprint density at radius 2 is 2.25 bits per heavy atom. The van der Waals surface area contributed by atoms with E-state index in [4.69, 9.17) is 21.4 Å². The Morgan fingerprint density at radius 1 is 1.40 bits per heavy atom. The number of thioether (sulfide) groups is 1. The summed E-state index contributed by atoms with van der Waals surface area (Å²) in [6.45, 7) is 4.17. The molecule has 0 aliphatic carbocycles. The Balaban J connectivity index is 2.12. The molecule has 0 amide bonds. The molecule has 1 heterocycles. The second-order valence-corrected chi connectivity index (χ2v) is 5.86. The van der Waals surface area contributed by atoms with E-state index in [0.29, 0.717) is 18.2 Å². The lowest BCUT2D eigenvalue weighted by atomic mass is 10.3. The first-order valence-corrected chi connectivity index (χ1v) is 8.09. The van der Waals surface area contributed by atoms with Gasteiger partial charge >= 0.3 is 0 Å². The van der Waals surface area contributed by atoms with Crippen LogP contribution in [0.1, 0.15) is 13.3 Å². The van der Waals surface area contributed by atoms with Gasteiger partial charge in [-0.25, -0.2) is 4.98 Å². The molecule has 1 aromatic carbocycles. The van der Waals surface area contributed by atoms with E-state index in [1.54, 1.807) is 11.8 Å². The fourth-order valence-electron chi connectivity index (χ4n) is 1.99. The zero-order valence-corrected chi connectivity index (χ0v) is 13.1. The summed E-state index contributed by atoms with van der Waals surface area (Å²) in [6, 6.07) is 5.82. The number of halogens is 1. The number of nitrogens with zero attached hydrogens (tertiary/aromatic N) is 2. The Kier molecular flexibility index (Phi) is 6.16. The number of hydrogen-bond acceptors (Lipinski definition) is 4. The highest BCUT2D eigenvalue weighted by molar-refractivity contribution is 7.99. The minimum atomic E-state index is 0.0670. The van der Waals surface area contributed by atoms with E-state index in [2.05, 4.69) is 16.5 Å². The minimum absolute atomic E-state index is 0.0670. The second-order valence-electron chi connectivity index (χ2n) is 4.36. The third-order valence-electron chi connectivity index (χ3n) is 2.82. The molecular weight excluding hydrogens is 296 g/mol. The molecule has 0 atom stereocenters. The van der Waals surface area contributed by atoms with Gasteiger partial charge in [-0.05, 0) is 24.6 Å². The second kappa shape index (κ2) is 7.88. The molecule has 0 bridgehead atoms. The van der Waals surface area contributed by atoms with E-state index < -0.39 is 0 Å². The highest BCUT2D eigenvalue weighted by Gasteiger charge is 2.10. The zero-order valence-electron chi connectivity index (χ0n) is 11.5. The maximum Gasteiger partial charge on any atom is 0.169 e. The summed E-state index contributed by atoms with van der Waals surface area (Å²) in [5.74, 6) is 0.820. The van der Waals surface area contributed by atoms with E-state index in [9.17, 15) is 0 Å². The molecule has 0 saturated heterocycles. The first-order valence-electron chi connectivity index (χ1n) is 6.73. The molecule has 2 aromatic rings. The SMILES string of the molecule is CCCn1c(SCCOCCO)nc2cc(Cl)ccc21. The Bertz CT molecular complexity index is 559. The van der Waals surface area contributed by atoms with Crippen LogP contribution in [-0.2, 0) is 11.3 Å². The summed E-state index contributed by atoms with van der Waals surface area (Å²) in [7, 11) is 0. The topological polar surface area (TPSA) is 47.3 Å². The van der Waals surface area contributed by atoms with Crippen LogP contribution in [0.2, 0.25) is 5.02 Å². The van der Waals surface area contributed by atoms with Crippen molar-refractivity contribution in [2.24, 2.45) is 0 Å². The quantitative estimate of drug-likeness (QED) is 0.600. The van der Waals surface area contributed by atoms with Crippen LogP contribution < -0.4 is 0 Å². The van der Waals surface area contributed by atoms with E-state index in [1.807, 2.05) is 18.2 Å². The van der Waals surface area contributed by atoms with Crippen LogP contribution in [0.5, 0.6) is 0 Å². The largest absolute Gasteiger partial charge is 0.394 e. The van der Waals surface area contributed by atoms with E-state index in [-0.39, 0.29) is 6.61 Å². The van der Waals surface area contributed by atoms with Crippen LogP contribution >= 0.6 is 23.4 Å². The molecule has 20 heavy (non-hydrogen) atoms. The standard InChI is InChI=1S/C14H19ClN2O2S/c1-2-5-17-13-4-3-11(15)10-12(13)16-14(17)20-9-8-19-7-6-18/h3-4,10,18H,2,5-9H2,1H3. The van der Waals surface area contributed by atoms with Gasteiger partial charge in [0, 0.05) is 17.3 Å². The van der Waals surface area contributed by atoms with Crippen LogP contribution in [0.25, 0.3) is 11.0 Å². The molecule has 0 saturated carbocycles. The lowest BCUT2D eigenvalue weighted by Gasteiger charge is -2.07. The van der Waals surface area contributed by atoms with Gasteiger partial charge in [0.1, 0.15) is 0 Å². The lowest BCUT2D eigenvalue weighted by molar-refractivity contribution is 0.103. The number of ether oxygens (including phenoxy) is 1. The highest BCUT2D eigenvalue weighted by Crippen LogP contribution is 2.26. The fourth-order valence-corrected chi connectivity index (χ4v) is 3.05. The summed E-state index contributed by atoms with van der Waals surface area (Å²) in [5.41, 5.74) is 2.06. The van der Waals surface area contributed by atoms with Crippen molar-refractivity contribution in [3.8, 4) is 0 Å². The van der Waals surface area contributed by atoms with Crippen LogP contribution in [0, 0.1) is 0 Å². The van der Waals surface area contributed by atoms with Gasteiger partial charge in [-0.15, -0.1) is 0 Å². The zero-order chi connectivity index (χ0) is 14.4. The normalized spacial score (nSPS) is 11.3. The Hall–Kier alpha value is -0.750. The summed E-state index contributed by atoms with van der Waals surface area (Å²) in [6.07, 6.45) is 1.06. The molecule has 0 spiro atoms. The lowest BCUT2D eigenvalue weighted by Crippen LogP contribution is -2.04. The molecule has 1 aromatic heterocycles. The number of fused-ring (bicyclic) bond motifs is 1. The Labute approximate surface area is 128 Å². The van der Waals surface area contributed by atoms with Gasteiger partial charge in [0.25, 0.3) is 0 Å². The molecule has 0 aliphatic rings. The van der Waals surface area contributed by atoms with Gasteiger partial charge < -0.3 is 14.4 Å². The number of imidazole rings is 1.